The third kappa shape index (κ3) is 3.16. The number of carbonyl (C=O) groups excluding carboxylic acids is 1. The number of hydrogen-bond donors (Lipinski definition) is 1. The highest BCUT2D eigenvalue weighted by molar-refractivity contribution is 7.21. The highest BCUT2D eigenvalue weighted by Gasteiger charge is 2.14. The predicted molar refractivity (Wildman–Crippen MR) is 97.2 cm³/mol. The highest BCUT2D eigenvalue weighted by Crippen LogP contribution is 2.29. The van der Waals surface area contributed by atoms with Crippen LogP contribution in [-0.2, 0) is 0 Å². The van der Waals surface area contributed by atoms with Crippen LogP contribution in [0.1, 0.15) is 10.4 Å². The van der Waals surface area contributed by atoms with Crippen molar-refractivity contribution >= 4 is 33.3 Å². The van der Waals surface area contributed by atoms with Gasteiger partial charge < -0.3 is 5.32 Å². The fraction of sp³-hybridized carbons (Fsp3) is 0. The van der Waals surface area contributed by atoms with Gasteiger partial charge in [-0.2, -0.15) is 0 Å². The number of para-hydroxylation sites is 1. The molecule has 0 saturated carbocycles. The third-order valence-electron chi connectivity index (χ3n) is 3.72. The Morgan fingerprint density at radius 1 is 1.04 bits per heavy atom. The van der Waals surface area contributed by atoms with Gasteiger partial charge in [0.05, 0.1) is 15.8 Å². The number of anilines is 1. The molecule has 0 aliphatic carbocycles. The van der Waals surface area contributed by atoms with Crippen LogP contribution in [0.2, 0.25) is 0 Å². The van der Waals surface area contributed by atoms with Gasteiger partial charge in [0.2, 0.25) is 0 Å². The number of thiazole rings is 1. The fourth-order valence-electron chi connectivity index (χ4n) is 2.45. The van der Waals surface area contributed by atoms with E-state index in [1.165, 1.54) is 0 Å². The van der Waals surface area contributed by atoms with E-state index in [1.54, 1.807) is 29.7 Å². The average molecular weight is 367 g/mol. The maximum Gasteiger partial charge on any atom is 0.259 e. The molecule has 0 saturated heterocycles. The lowest BCUT2D eigenvalue weighted by Crippen LogP contribution is -2.14. The monoisotopic (exact) mass is 367 g/mol. The Morgan fingerprint density at radius 3 is 2.65 bits per heavy atom. The quantitative estimate of drug-likeness (QED) is 0.561. The molecular formula is C19H11F2N3OS. The van der Waals surface area contributed by atoms with Gasteiger partial charge in [0.15, 0.2) is 0 Å². The second-order valence-corrected chi connectivity index (χ2v) is 6.53. The molecule has 0 aliphatic heterocycles. The molecule has 0 radical (unpaired) electrons. The minimum atomic E-state index is -0.796. The molecule has 4 aromatic rings. The summed E-state index contributed by atoms with van der Waals surface area (Å²) >= 11 is 1.54. The van der Waals surface area contributed by atoms with Crippen molar-refractivity contribution in [2.24, 2.45) is 0 Å². The Morgan fingerprint density at radius 2 is 1.88 bits per heavy atom. The smallest absolute Gasteiger partial charge is 0.259 e. The van der Waals surface area contributed by atoms with E-state index in [1.807, 2.05) is 24.3 Å². The Bertz CT molecular complexity index is 1080. The fourth-order valence-corrected chi connectivity index (χ4v) is 3.40. The number of nitrogens with one attached hydrogen (secondary N) is 1. The van der Waals surface area contributed by atoms with E-state index in [9.17, 15) is 13.6 Å². The summed E-state index contributed by atoms with van der Waals surface area (Å²) in [4.78, 5) is 20.8. The summed E-state index contributed by atoms with van der Waals surface area (Å²) in [5.74, 6) is -2.00. The summed E-state index contributed by atoms with van der Waals surface area (Å²) in [6.07, 6.45) is 1.58. The third-order valence-corrected chi connectivity index (χ3v) is 4.80. The minimum absolute atomic E-state index is 0.239. The summed E-state index contributed by atoms with van der Waals surface area (Å²) in [6.45, 7) is 0. The van der Waals surface area contributed by atoms with Gasteiger partial charge in [-0.3, -0.25) is 4.79 Å². The van der Waals surface area contributed by atoms with E-state index in [2.05, 4.69) is 15.3 Å². The Labute approximate surface area is 151 Å². The molecule has 4 rings (SSSR count). The first-order valence-electron chi connectivity index (χ1n) is 7.68. The van der Waals surface area contributed by atoms with Crippen molar-refractivity contribution < 1.29 is 13.6 Å². The van der Waals surface area contributed by atoms with Gasteiger partial charge in [0, 0.05) is 11.8 Å². The summed E-state index contributed by atoms with van der Waals surface area (Å²) in [6, 6.07) is 13.9. The van der Waals surface area contributed by atoms with Crippen LogP contribution in [0.3, 0.4) is 0 Å². The Hall–Kier alpha value is -3.19. The van der Waals surface area contributed by atoms with E-state index in [-0.39, 0.29) is 11.4 Å². The number of pyridine rings is 1. The first kappa shape index (κ1) is 16.3. The number of hydrogen-bond acceptors (Lipinski definition) is 4. The number of rotatable bonds is 3. The molecule has 0 atom stereocenters. The van der Waals surface area contributed by atoms with E-state index < -0.39 is 17.5 Å². The topological polar surface area (TPSA) is 54.9 Å². The maximum atomic E-state index is 13.7. The second kappa shape index (κ2) is 6.61. The van der Waals surface area contributed by atoms with Crippen LogP contribution in [0, 0.1) is 11.6 Å². The lowest BCUT2D eigenvalue weighted by Gasteiger charge is -2.06. The molecule has 0 spiro atoms. The second-order valence-electron chi connectivity index (χ2n) is 5.50. The molecule has 1 amide bonds. The number of benzene rings is 2. The molecular weight excluding hydrogens is 356 g/mol. The molecule has 2 aromatic carbocycles. The molecule has 4 nitrogen and oxygen atoms in total. The van der Waals surface area contributed by atoms with Crippen molar-refractivity contribution in [2.45, 2.75) is 0 Å². The zero-order chi connectivity index (χ0) is 18.1. The molecule has 7 heteroatoms. The number of nitrogens with zero attached hydrogens (tertiary/aromatic N) is 2. The van der Waals surface area contributed by atoms with Crippen LogP contribution in [0.25, 0.3) is 20.8 Å². The number of fused-ring (bicyclic) bond motifs is 1. The van der Waals surface area contributed by atoms with Gasteiger partial charge >= 0.3 is 0 Å². The van der Waals surface area contributed by atoms with Crippen LogP contribution in [0.4, 0.5) is 14.6 Å². The maximum absolute atomic E-state index is 13.7. The summed E-state index contributed by atoms with van der Waals surface area (Å²) in [7, 11) is 0. The van der Waals surface area contributed by atoms with Crippen LogP contribution in [0.5, 0.6) is 0 Å². The van der Waals surface area contributed by atoms with E-state index in [4.69, 9.17) is 0 Å². The van der Waals surface area contributed by atoms with E-state index >= 15 is 0 Å². The Balaban J connectivity index is 1.56. The van der Waals surface area contributed by atoms with Crippen LogP contribution in [0.15, 0.2) is 60.8 Å². The van der Waals surface area contributed by atoms with E-state index in [0.717, 1.165) is 39.0 Å². The molecule has 0 unspecified atom stereocenters. The van der Waals surface area contributed by atoms with Gasteiger partial charge in [0.25, 0.3) is 5.91 Å². The summed E-state index contributed by atoms with van der Waals surface area (Å²) in [5.41, 5.74) is 1.34. The first-order chi connectivity index (χ1) is 12.6. The van der Waals surface area contributed by atoms with Crippen molar-refractivity contribution in [2.75, 3.05) is 5.32 Å². The summed E-state index contributed by atoms with van der Waals surface area (Å²) in [5, 5.41) is 3.27. The highest BCUT2D eigenvalue weighted by atomic mass is 32.1. The average Bonchev–Trinajstić information content (AvgIpc) is 3.08. The largest absolute Gasteiger partial charge is 0.306 e. The van der Waals surface area contributed by atoms with Crippen molar-refractivity contribution in [1.29, 1.82) is 0 Å². The molecule has 0 bridgehead atoms. The summed E-state index contributed by atoms with van der Waals surface area (Å²) < 4.78 is 27.9. The van der Waals surface area contributed by atoms with Gasteiger partial charge in [-0.25, -0.2) is 18.7 Å². The van der Waals surface area contributed by atoms with Crippen LogP contribution < -0.4 is 5.32 Å². The number of amides is 1. The predicted octanol–water partition coefficient (Wildman–Crippen LogP) is 4.89. The molecule has 26 heavy (non-hydrogen) atoms. The van der Waals surface area contributed by atoms with E-state index in [0.29, 0.717) is 0 Å². The molecule has 0 aliphatic rings. The van der Waals surface area contributed by atoms with Crippen LogP contribution >= 0.6 is 11.3 Å². The van der Waals surface area contributed by atoms with Crippen LogP contribution in [-0.4, -0.2) is 15.9 Å². The number of aromatic nitrogens is 2. The van der Waals surface area contributed by atoms with Crippen molar-refractivity contribution in [3.63, 3.8) is 0 Å². The Kier molecular flexibility index (Phi) is 4.14. The van der Waals surface area contributed by atoms with Crippen molar-refractivity contribution in [3.05, 3.63) is 78.0 Å². The lowest BCUT2D eigenvalue weighted by atomic mass is 10.2. The van der Waals surface area contributed by atoms with Gasteiger partial charge in [-0.05, 0) is 42.5 Å². The SMILES string of the molecule is O=C(Nc1ccc(-c2nc3ccccc3s2)cn1)c1cc(F)ccc1F. The number of carbonyl (C=O) groups is 1. The molecule has 1 N–H and O–H groups in total. The zero-order valence-electron chi connectivity index (χ0n) is 13.2. The molecule has 2 aromatic heterocycles. The zero-order valence-corrected chi connectivity index (χ0v) is 14.1. The molecule has 0 fully saturated rings. The molecule has 2 heterocycles. The number of halogens is 2. The first-order valence-corrected chi connectivity index (χ1v) is 8.50. The normalized spacial score (nSPS) is 10.8. The van der Waals surface area contributed by atoms with Crippen molar-refractivity contribution in [3.8, 4) is 10.6 Å². The molecule has 128 valence electrons. The lowest BCUT2D eigenvalue weighted by molar-refractivity contribution is 0.102. The van der Waals surface area contributed by atoms with Gasteiger partial charge in [0.1, 0.15) is 22.5 Å². The minimum Gasteiger partial charge on any atom is -0.306 e. The van der Waals surface area contributed by atoms with Crippen molar-refractivity contribution in [1.82, 2.24) is 9.97 Å². The standard InChI is InChI=1S/C19H11F2N3OS/c20-12-6-7-14(21)13(9-12)18(25)24-17-8-5-11(10-22-17)19-23-15-3-1-2-4-16(15)26-19/h1-10H,(H,22,24,25). The van der Waals surface area contributed by atoms with Gasteiger partial charge in [-0.15, -0.1) is 11.3 Å². The van der Waals surface area contributed by atoms with Gasteiger partial charge in [-0.1, -0.05) is 12.1 Å².